The third kappa shape index (κ3) is 4.75. The molecule has 1 amide bonds. The van der Waals surface area contributed by atoms with Crippen molar-refractivity contribution < 1.29 is 4.79 Å². The maximum Gasteiger partial charge on any atom is 0.253 e. The molecule has 1 N–H and O–H groups in total. The summed E-state index contributed by atoms with van der Waals surface area (Å²) in [7, 11) is 0. The van der Waals surface area contributed by atoms with E-state index in [0.717, 1.165) is 48.8 Å². The van der Waals surface area contributed by atoms with Gasteiger partial charge in [0.1, 0.15) is 5.52 Å². The Balaban J connectivity index is 1.19. The van der Waals surface area contributed by atoms with Crippen LogP contribution in [0.3, 0.4) is 0 Å². The smallest absolute Gasteiger partial charge is 0.253 e. The van der Waals surface area contributed by atoms with Crippen molar-refractivity contribution in [1.82, 2.24) is 29.7 Å². The van der Waals surface area contributed by atoms with Crippen LogP contribution in [-0.2, 0) is 6.54 Å². The number of amides is 1. The quantitative estimate of drug-likeness (QED) is 0.663. The van der Waals surface area contributed by atoms with Gasteiger partial charge in [0.2, 0.25) is 0 Å². The Morgan fingerprint density at radius 1 is 1.10 bits per heavy atom. The highest BCUT2D eigenvalue weighted by Crippen LogP contribution is 2.24. The Kier molecular flexibility index (Phi) is 6.18. The molecule has 3 aromatic heterocycles. The molecule has 5 rings (SSSR count). The predicted molar refractivity (Wildman–Crippen MR) is 123 cm³/mol. The van der Waals surface area contributed by atoms with E-state index in [1.807, 2.05) is 28.8 Å². The normalized spacial score (nSPS) is 19.0. The lowest BCUT2D eigenvalue weighted by Crippen LogP contribution is -2.48. The van der Waals surface area contributed by atoms with E-state index in [0.29, 0.717) is 12.1 Å². The highest BCUT2D eigenvalue weighted by atomic mass is 32.2. The summed E-state index contributed by atoms with van der Waals surface area (Å²) in [6.07, 6.45) is 9.84. The summed E-state index contributed by atoms with van der Waals surface area (Å²) in [4.78, 5) is 28.8. The molecule has 0 aliphatic carbocycles. The second-order valence-corrected chi connectivity index (χ2v) is 9.61. The molecule has 0 bridgehead atoms. The average Bonchev–Trinajstić information content (AvgIpc) is 3.23. The number of nitrogens with one attached hydrogen (secondary N) is 1. The molecule has 2 saturated heterocycles. The summed E-state index contributed by atoms with van der Waals surface area (Å²) < 4.78 is 1.96. The van der Waals surface area contributed by atoms with E-state index in [1.165, 1.54) is 24.3 Å². The number of aromatic nitrogens is 4. The SMILES string of the molecule is O=C(NC1CCN(C2CCSCC2)CC1)c1cnc2c(c1)ncn2Cc1ccccn1. The van der Waals surface area contributed by atoms with Crippen LogP contribution in [0.2, 0.25) is 0 Å². The van der Waals surface area contributed by atoms with E-state index in [4.69, 9.17) is 0 Å². The maximum absolute atomic E-state index is 12.8. The largest absolute Gasteiger partial charge is 0.349 e. The Bertz CT molecular complexity index is 1020. The van der Waals surface area contributed by atoms with Crippen molar-refractivity contribution in [3.63, 3.8) is 0 Å². The van der Waals surface area contributed by atoms with E-state index < -0.39 is 0 Å². The fraction of sp³-hybridized carbons (Fsp3) is 0.478. The number of thioether (sulfide) groups is 1. The molecule has 0 aromatic carbocycles. The number of hydrogen-bond donors (Lipinski definition) is 1. The van der Waals surface area contributed by atoms with E-state index >= 15 is 0 Å². The fourth-order valence-corrected chi connectivity index (χ4v) is 5.66. The number of imidazole rings is 1. The molecule has 2 aliphatic rings. The number of nitrogens with zero attached hydrogens (tertiary/aromatic N) is 5. The van der Waals surface area contributed by atoms with Crippen LogP contribution in [0.15, 0.2) is 43.0 Å². The predicted octanol–water partition coefficient (Wildman–Crippen LogP) is 2.96. The summed E-state index contributed by atoms with van der Waals surface area (Å²) in [5, 5.41) is 3.22. The van der Waals surface area contributed by atoms with Crippen LogP contribution in [-0.4, -0.2) is 67.0 Å². The monoisotopic (exact) mass is 436 g/mol. The molecule has 8 heteroatoms. The van der Waals surface area contributed by atoms with Gasteiger partial charge < -0.3 is 14.8 Å². The highest BCUT2D eigenvalue weighted by Gasteiger charge is 2.27. The molecule has 0 saturated carbocycles. The molecule has 0 atom stereocenters. The number of pyridine rings is 2. The van der Waals surface area contributed by atoms with Crippen molar-refractivity contribution in [3.05, 3.63) is 54.2 Å². The zero-order valence-electron chi connectivity index (χ0n) is 17.6. The van der Waals surface area contributed by atoms with Gasteiger partial charge in [-0.1, -0.05) is 6.07 Å². The van der Waals surface area contributed by atoms with Crippen LogP contribution in [0.25, 0.3) is 11.2 Å². The molecular weight excluding hydrogens is 408 g/mol. The summed E-state index contributed by atoms with van der Waals surface area (Å²) in [6, 6.07) is 8.66. The number of fused-ring (bicyclic) bond motifs is 1. The van der Waals surface area contributed by atoms with Gasteiger partial charge in [-0.15, -0.1) is 0 Å². The van der Waals surface area contributed by atoms with E-state index in [-0.39, 0.29) is 11.9 Å². The van der Waals surface area contributed by atoms with Gasteiger partial charge in [0.25, 0.3) is 5.91 Å². The van der Waals surface area contributed by atoms with Crippen molar-refractivity contribution in [2.45, 2.75) is 44.3 Å². The lowest BCUT2D eigenvalue weighted by Gasteiger charge is -2.39. The second kappa shape index (κ2) is 9.36. The number of carbonyl (C=O) groups excluding carboxylic acids is 1. The molecular formula is C23H28N6OS. The number of carbonyl (C=O) groups is 1. The van der Waals surface area contributed by atoms with Crippen molar-refractivity contribution in [2.24, 2.45) is 0 Å². The van der Waals surface area contributed by atoms with Gasteiger partial charge >= 0.3 is 0 Å². The van der Waals surface area contributed by atoms with E-state index in [2.05, 4.69) is 36.9 Å². The lowest BCUT2D eigenvalue weighted by atomic mass is 10.0. The van der Waals surface area contributed by atoms with Gasteiger partial charge in [-0.25, -0.2) is 9.97 Å². The Morgan fingerprint density at radius 3 is 2.71 bits per heavy atom. The zero-order chi connectivity index (χ0) is 21.0. The molecule has 7 nitrogen and oxygen atoms in total. The summed E-state index contributed by atoms with van der Waals surface area (Å²) in [5.41, 5.74) is 3.01. The lowest BCUT2D eigenvalue weighted by molar-refractivity contribution is 0.0886. The molecule has 0 radical (unpaired) electrons. The first-order chi connectivity index (χ1) is 15.3. The number of hydrogen-bond acceptors (Lipinski definition) is 6. The Labute approximate surface area is 186 Å². The molecule has 3 aromatic rings. The van der Waals surface area contributed by atoms with Crippen LogP contribution in [0, 0.1) is 0 Å². The zero-order valence-corrected chi connectivity index (χ0v) is 18.4. The van der Waals surface area contributed by atoms with Gasteiger partial charge in [0.15, 0.2) is 5.65 Å². The number of piperidine rings is 1. The minimum atomic E-state index is -0.0545. The number of rotatable bonds is 5. The molecule has 0 spiro atoms. The van der Waals surface area contributed by atoms with Crippen molar-refractivity contribution in [2.75, 3.05) is 24.6 Å². The van der Waals surface area contributed by atoms with Crippen molar-refractivity contribution in [3.8, 4) is 0 Å². The molecule has 2 aliphatic heterocycles. The standard InChI is InChI=1S/C23H28N6OS/c30-23(27-18-4-9-28(10-5-18)20-6-11-31-12-7-20)17-13-21-22(25-14-17)29(16-26-21)15-19-3-1-2-8-24-19/h1-3,8,13-14,16,18,20H,4-7,9-12,15H2,(H,27,30). The average molecular weight is 437 g/mol. The summed E-state index contributed by atoms with van der Waals surface area (Å²) in [6.45, 7) is 2.76. The Morgan fingerprint density at radius 2 is 1.94 bits per heavy atom. The van der Waals surface area contributed by atoms with Crippen molar-refractivity contribution >= 4 is 28.8 Å². The van der Waals surface area contributed by atoms with Crippen LogP contribution < -0.4 is 5.32 Å². The molecule has 31 heavy (non-hydrogen) atoms. The minimum Gasteiger partial charge on any atom is -0.349 e. The molecule has 0 unspecified atom stereocenters. The van der Waals surface area contributed by atoms with Crippen LogP contribution in [0.1, 0.15) is 41.7 Å². The first kappa shape index (κ1) is 20.5. The molecule has 2 fully saturated rings. The molecule has 162 valence electrons. The summed E-state index contributed by atoms with van der Waals surface area (Å²) >= 11 is 2.07. The van der Waals surface area contributed by atoms with Crippen LogP contribution in [0.5, 0.6) is 0 Å². The minimum absolute atomic E-state index is 0.0545. The van der Waals surface area contributed by atoms with Gasteiger partial charge in [-0.05, 0) is 55.4 Å². The fourth-order valence-electron chi connectivity index (χ4n) is 4.58. The summed E-state index contributed by atoms with van der Waals surface area (Å²) in [5.74, 6) is 2.52. The second-order valence-electron chi connectivity index (χ2n) is 8.39. The highest BCUT2D eigenvalue weighted by molar-refractivity contribution is 7.99. The maximum atomic E-state index is 12.8. The van der Waals surface area contributed by atoms with Crippen molar-refractivity contribution in [1.29, 1.82) is 0 Å². The van der Waals surface area contributed by atoms with E-state index in [1.54, 1.807) is 18.7 Å². The van der Waals surface area contributed by atoms with Gasteiger partial charge in [0, 0.05) is 37.6 Å². The van der Waals surface area contributed by atoms with E-state index in [9.17, 15) is 4.79 Å². The first-order valence-electron chi connectivity index (χ1n) is 11.1. The Hall–Kier alpha value is -2.45. The third-order valence-corrected chi connectivity index (χ3v) is 7.40. The first-order valence-corrected chi connectivity index (χ1v) is 12.3. The van der Waals surface area contributed by atoms with Gasteiger partial charge in [0.05, 0.1) is 24.1 Å². The molecule has 5 heterocycles. The van der Waals surface area contributed by atoms with Gasteiger partial charge in [-0.3, -0.25) is 9.78 Å². The van der Waals surface area contributed by atoms with Crippen LogP contribution >= 0.6 is 11.8 Å². The van der Waals surface area contributed by atoms with Gasteiger partial charge in [-0.2, -0.15) is 11.8 Å². The topological polar surface area (TPSA) is 75.9 Å². The van der Waals surface area contributed by atoms with Crippen LogP contribution in [0.4, 0.5) is 0 Å². The number of likely N-dealkylation sites (tertiary alicyclic amines) is 1. The third-order valence-electron chi connectivity index (χ3n) is 6.35.